The molecule has 0 fully saturated rings. The number of benzene rings is 3. The summed E-state index contributed by atoms with van der Waals surface area (Å²) in [5, 5.41) is 0. The molecule has 5 nitrogen and oxygen atoms in total. The molecule has 0 saturated heterocycles. The van der Waals surface area contributed by atoms with Crippen LogP contribution < -0.4 is 4.31 Å². The molecule has 2 aliphatic heterocycles. The lowest BCUT2D eigenvalue weighted by Gasteiger charge is -2.35. The molecular weight excluding hydrogens is 420 g/mol. The Bertz CT molecular complexity index is 1310. The van der Waals surface area contributed by atoms with Crippen molar-refractivity contribution >= 4 is 21.6 Å². The van der Waals surface area contributed by atoms with Crippen molar-refractivity contribution in [2.75, 3.05) is 17.4 Å². The molecule has 32 heavy (non-hydrogen) atoms. The SMILES string of the molecule is CC(C)c1ccc2c(c1)-c1ccccc1S(=O)(=O)N2CC(=O)N1CCc2ccccc2C1. The fourth-order valence-corrected chi connectivity index (χ4v) is 6.25. The first-order valence-corrected chi connectivity index (χ1v) is 12.4. The van der Waals surface area contributed by atoms with Gasteiger partial charge in [0.1, 0.15) is 6.54 Å². The number of nitrogens with zero attached hydrogens (tertiary/aromatic N) is 2. The standard InChI is InChI=1S/C26H26N2O3S/c1-18(2)20-11-12-24-23(15-20)22-9-5-6-10-25(22)32(30,31)28(24)17-26(29)27-14-13-19-7-3-4-8-21(19)16-27/h3-12,15,18H,13-14,16-17H2,1-2H3. The quantitative estimate of drug-likeness (QED) is 0.592. The van der Waals surface area contributed by atoms with E-state index in [0.717, 1.165) is 23.1 Å². The number of sulfonamides is 1. The van der Waals surface area contributed by atoms with Crippen molar-refractivity contribution in [3.05, 3.63) is 83.4 Å². The first-order valence-electron chi connectivity index (χ1n) is 11.0. The molecule has 2 aliphatic rings. The third-order valence-electron chi connectivity index (χ3n) is 6.46. The van der Waals surface area contributed by atoms with Gasteiger partial charge < -0.3 is 4.90 Å². The van der Waals surface area contributed by atoms with Gasteiger partial charge in [-0.1, -0.05) is 62.4 Å². The number of rotatable bonds is 3. The molecule has 0 radical (unpaired) electrons. The highest BCUT2D eigenvalue weighted by atomic mass is 32.2. The molecule has 5 rings (SSSR count). The zero-order valence-electron chi connectivity index (χ0n) is 18.3. The van der Waals surface area contributed by atoms with Crippen LogP contribution in [0.5, 0.6) is 0 Å². The molecule has 3 aromatic carbocycles. The van der Waals surface area contributed by atoms with Gasteiger partial charge in [-0.2, -0.15) is 0 Å². The van der Waals surface area contributed by atoms with Crippen LogP contribution in [0.1, 0.15) is 36.5 Å². The summed E-state index contributed by atoms with van der Waals surface area (Å²) >= 11 is 0. The first kappa shape index (κ1) is 20.8. The van der Waals surface area contributed by atoms with Crippen LogP contribution in [0, 0.1) is 0 Å². The lowest BCUT2D eigenvalue weighted by molar-refractivity contribution is -0.130. The molecule has 2 heterocycles. The van der Waals surface area contributed by atoms with Crippen molar-refractivity contribution in [3.63, 3.8) is 0 Å². The summed E-state index contributed by atoms with van der Waals surface area (Å²) in [5.74, 6) is 0.135. The minimum atomic E-state index is -3.84. The zero-order chi connectivity index (χ0) is 22.5. The van der Waals surface area contributed by atoms with Gasteiger partial charge >= 0.3 is 0 Å². The van der Waals surface area contributed by atoms with Gasteiger partial charge in [-0.05, 0) is 47.2 Å². The van der Waals surface area contributed by atoms with Crippen molar-refractivity contribution in [1.82, 2.24) is 4.90 Å². The van der Waals surface area contributed by atoms with E-state index in [2.05, 4.69) is 26.0 Å². The van der Waals surface area contributed by atoms with Gasteiger partial charge in [0.05, 0.1) is 10.6 Å². The fourth-order valence-electron chi connectivity index (χ4n) is 4.61. The van der Waals surface area contributed by atoms with Crippen LogP contribution in [0.3, 0.4) is 0 Å². The summed E-state index contributed by atoms with van der Waals surface area (Å²) < 4.78 is 28.4. The van der Waals surface area contributed by atoms with E-state index in [-0.39, 0.29) is 17.3 Å². The van der Waals surface area contributed by atoms with Crippen LogP contribution in [0.25, 0.3) is 11.1 Å². The summed E-state index contributed by atoms with van der Waals surface area (Å²) in [6, 6.07) is 21.0. The van der Waals surface area contributed by atoms with Crippen molar-refractivity contribution in [2.45, 2.75) is 37.6 Å². The molecule has 0 spiro atoms. The van der Waals surface area contributed by atoms with Crippen molar-refractivity contribution in [1.29, 1.82) is 0 Å². The van der Waals surface area contributed by atoms with Crippen LogP contribution in [0.4, 0.5) is 5.69 Å². The van der Waals surface area contributed by atoms with E-state index in [9.17, 15) is 13.2 Å². The minimum absolute atomic E-state index is 0.179. The highest BCUT2D eigenvalue weighted by Crippen LogP contribution is 2.44. The van der Waals surface area contributed by atoms with Crippen LogP contribution >= 0.6 is 0 Å². The summed E-state index contributed by atoms with van der Waals surface area (Å²) in [6.07, 6.45) is 0.784. The van der Waals surface area contributed by atoms with E-state index in [0.29, 0.717) is 30.3 Å². The summed E-state index contributed by atoms with van der Waals surface area (Å²) in [5.41, 5.74) is 5.64. The molecule has 0 saturated carbocycles. The Kier molecular flexibility index (Phi) is 5.05. The Labute approximate surface area is 189 Å². The van der Waals surface area contributed by atoms with Gasteiger partial charge in [-0.15, -0.1) is 0 Å². The van der Waals surface area contributed by atoms with Crippen molar-refractivity contribution in [3.8, 4) is 11.1 Å². The van der Waals surface area contributed by atoms with Crippen molar-refractivity contribution < 1.29 is 13.2 Å². The Morgan fingerprint density at radius 1 is 0.938 bits per heavy atom. The number of anilines is 1. The number of carbonyl (C=O) groups excluding carboxylic acids is 1. The number of hydrogen-bond donors (Lipinski definition) is 0. The number of fused-ring (bicyclic) bond motifs is 4. The summed E-state index contributed by atoms with van der Waals surface area (Å²) in [4.78, 5) is 15.3. The second-order valence-corrected chi connectivity index (χ2v) is 10.6. The summed E-state index contributed by atoms with van der Waals surface area (Å²) in [7, 11) is -3.84. The average molecular weight is 447 g/mol. The van der Waals surface area contributed by atoms with Crippen LogP contribution in [-0.2, 0) is 27.8 Å². The molecule has 0 atom stereocenters. The molecule has 1 amide bonds. The molecule has 0 bridgehead atoms. The van der Waals surface area contributed by atoms with E-state index >= 15 is 0 Å². The molecule has 3 aromatic rings. The molecule has 0 unspecified atom stereocenters. The second-order valence-electron chi connectivity index (χ2n) is 8.77. The van der Waals surface area contributed by atoms with E-state index < -0.39 is 10.0 Å². The minimum Gasteiger partial charge on any atom is -0.336 e. The molecule has 0 N–H and O–H groups in total. The lowest BCUT2D eigenvalue weighted by Crippen LogP contribution is -2.45. The Balaban J connectivity index is 1.52. The molecule has 6 heteroatoms. The predicted octanol–water partition coefficient (Wildman–Crippen LogP) is 4.57. The molecule has 0 aromatic heterocycles. The molecule has 164 valence electrons. The first-order chi connectivity index (χ1) is 15.4. The van der Waals surface area contributed by atoms with Gasteiger partial charge in [0, 0.05) is 24.2 Å². The Morgan fingerprint density at radius 2 is 1.66 bits per heavy atom. The largest absolute Gasteiger partial charge is 0.336 e. The maximum absolute atomic E-state index is 13.6. The van der Waals surface area contributed by atoms with Crippen LogP contribution in [0.2, 0.25) is 0 Å². The van der Waals surface area contributed by atoms with Gasteiger partial charge in [0.15, 0.2) is 0 Å². The maximum atomic E-state index is 13.6. The number of hydrogen-bond acceptors (Lipinski definition) is 3. The highest BCUT2D eigenvalue weighted by Gasteiger charge is 2.37. The Hall–Kier alpha value is -3.12. The maximum Gasteiger partial charge on any atom is 0.265 e. The third kappa shape index (κ3) is 3.39. The third-order valence-corrected chi connectivity index (χ3v) is 8.28. The monoisotopic (exact) mass is 446 g/mol. The van der Waals surface area contributed by atoms with E-state index in [1.54, 1.807) is 17.0 Å². The average Bonchev–Trinajstić information content (AvgIpc) is 2.81. The van der Waals surface area contributed by atoms with E-state index in [1.165, 1.54) is 9.87 Å². The normalized spacial score (nSPS) is 16.3. The van der Waals surface area contributed by atoms with Crippen molar-refractivity contribution in [2.24, 2.45) is 0 Å². The smallest absolute Gasteiger partial charge is 0.265 e. The number of amides is 1. The van der Waals surface area contributed by atoms with Gasteiger partial charge in [0.2, 0.25) is 5.91 Å². The second kappa shape index (κ2) is 7.78. The van der Waals surface area contributed by atoms with Gasteiger partial charge in [-0.25, -0.2) is 8.42 Å². The molecule has 0 aliphatic carbocycles. The highest BCUT2D eigenvalue weighted by molar-refractivity contribution is 7.93. The number of carbonyl (C=O) groups is 1. The van der Waals surface area contributed by atoms with E-state index in [1.807, 2.05) is 42.5 Å². The summed E-state index contributed by atoms with van der Waals surface area (Å²) in [6.45, 7) is 5.14. The Morgan fingerprint density at radius 3 is 2.44 bits per heavy atom. The van der Waals surface area contributed by atoms with Crippen LogP contribution in [-0.4, -0.2) is 32.3 Å². The molecular formula is C26H26N2O3S. The van der Waals surface area contributed by atoms with Crippen LogP contribution in [0.15, 0.2) is 71.6 Å². The zero-order valence-corrected chi connectivity index (χ0v) is 19.1. The topological polar surface area (TPSA) is 57.7 Å². The van der Waals surface area contributed by atoms with E-state index in [4.69, 9.17) is 0 Å². The fraction of sp³-hybridized carbons (Fsp3) is 0.269. The van der Waals surface area contributed by atoms with Gasteiger partial charge in [-0.3, -0.25) is 9.10 Å². The predicted molar refractivity (Wildman–Crippen MR) is 126 cm³/mol. The lowest BCUT2D eigenvalue weighted by atomic mass is 9.95. The van der Waals surface area contributed by atoms with Gasteiger partial charge in [0.25, 0.3) is 10.0 Å².